The zero-order valence-electron chi connectivity index (χ0n) is 20.0. The van der Waals surface area contributed by atoms with Crippen molar-refractivity contribution in [1.82, 2.24) is 15.1 Å². The fourth-order valence-electron chi connectivity index (χ4n) is 4.40. The maximum absolute atomic E-state index is 13.3. The third-order valence-electron chi connectivity index (χ3n) is 6.38. The summed E-state index contributed by atoms with van der Waals surface area (Å²) in [5.74, 6) is 3.05. The van der Waals surface area contributed by atoms with Crippen LogP contribution in [0.5, 0.6) is 0 Å². The van der Waals surface area contributed by atoms with Gasteiger partial charge in [-0.3, -0.25) is 0 Å². The highest BCUT2D eigenvalue weighted by atomic mass is 35.5. The molecule has 0 fully saturated rings. The number of alkyl halides is 4. The lowest BCUT2D eigenvalue weighted by molar-refractivity contribution is -0.138. The van der Waals surface area contributed by atoms with Crippen LogP contribution >= 0.6 is 11.6 Å². The molecule has 0 saturated carbocycles. The molecule has 0 aromatic heterocycles. The van der Waals surface area contributed by atoms with Gasteiger partial charge in [0.15, 0.2) is 0 Å². The molecule has 0 spiro atoms. The zero-order valence-corrected chi connectivity index (χ0v) is 20.8. The van der Waals surface area contributed by atoms with Gasteiger partial charge >= 0.3 is 6.18 Å². The van der Waals surface area contributed by atoms with Gasteiger partial charge in [0, 0.05) is 47.2 Å². The molecule has 37 heavy (non-hydrogen) atoms. The van der Waals surface area contributed by atoms with Gasteiger partial charge in [-0.15, -0.1) is 6.42 Å². The third-order valence-corrected chi connectivity index (χ3v) is 6.63. The highest BCUT2D eigenvalue weighted by molar-refractivity contribution is 6.30. The van der Waals surface area contributed by atoms with E-state index in [0.29, 0.717) is 41.8 Å². The zero-order chi connectivity index (χ0) is 26.7. The van der Waals surface area contributed by atoms with E-state index < -0.39 is 24.0 Å². The second-order valence-corrected chi connectivity index (χ2v) is 9.14. The van der Waals surface area contributed by atoms with Crippen molar-refractivity contribution in [3.8, 4) is 12.3 Å². The monoisotopic (exact) mass is 528 g/mol. The Hall–Kier alpha value is -3.70. The summed E-state index contributed by atoms with van der Waals surface area (Å²) >= 11 is 6.01. The molecule has 0 amide bonds. The number of aliphatic imine (C=N–C) groups is 1. The van der Waals surface area contributed by atoms with E-state index in [-0.39, 0.29) is 13.1 Å². The fourth-order valence-corrected chi connectivity index (χ4v) is 4.53. The molecule has 2 aliphatic rings. The molecule has 0 atom stereocenters. The van der Waals surface area contributed by atoms with Crippen LogP contribution in [0.4, 0.5) is 17.6 Å². The number of hydrogen-bond donors (Lipinski definition) is 1. The average Bonchev–Trinajstić information content (AvgIpc) is 2.88. The molecule has 4 nitrogen and oxygen atoms in total. The Morgan fingerprint density at radius 2 is 1.92 bits per heavy atom. The Morgan fingerprint density at radius 3 is 2.57 bits per heavy atom. The van der Waals surface area contributed by atoms with E-state index in [1.165, 1.54) is 12.1 Å². The lowest BCUT2D eigenvalue weighted by Gasteiger charge is -2.41. The first-order chi connectivity index (χ1) is 17.6. The normalized spacial score (nSPS) is 17.0. The summed E-state index contributed by atoms with van der Waals surface area (Å²) in [6.07, 6.45) is 1.66. The van der Waals surface area contributed by atoms with Gasteiger partial charge in [0.25, 0.3) is 0 Å². The highest BCUT2D eigenvalue weighted by Crippen LogP contribution is 2.34. The lowest BCUT2D eigenvalue weighted by atomic mass is 9.99. The van der Waals surface area contributed by atoms with Gasteiger partial charge in [-0.2, -0.15) is 13.2 Å². The van der Waals surface area contributed by atoms with Gasteiger partial charge in [-0.1, -0.05) is 54.9 Å². The van der Waals surface area contributed by atoms with Gasteiger partial charge in [-0.25, -0.2) is 9.38 Å². The topological polar surface area (TPSA) is 30.9 Å². The Balaban J connectivity index is 1.56. The van der Waals surface area contributed by atoms with Gasteiger partial charge in [0.2, 0.25) is 5.96 Å². The first kappa shape index (κ1) is 26.4. The number of hydrogen-bond acceptors (Lipinski definition) is 2. The van der Waals surface area contributed by atoms with E-state index in [1.807, 2.05) is 24.3 Å². The Morgan fingerprint density at radius 1 is 1.19 bits per heavy atom. The molecular formula is C28H25ClF4N4. The molecule has 4 rings (SSSR count). The van der Waals surface area contributed by atoms with Crippen LogP contribution in [0.1, 0.15) is 28.7 Å². The van der Waals surface area contributed by atoms with Crippen molar-refractivity contribution in [2.75, 3.05) is 19.6 Å². The molecule has 0 unspecified atom stereocenters. The molecule has 192 valence electrons. The Bertz CT molecular complexity index is 1320. The van der Waals surface area contributed by atoms with Gasteiger partial charge in [0.1, 0.15) is 6.67 Å². The van der Waals surface area contributed by atoms with Crippen LogP contribution in [-0.2, 0) is 19.4 Å². The molecule has 1 N–H and O–H groups in total. The highest BCUT2D eigenvalue weighted by Gasteiger charge is 2.34. The molecule has 0 aliphatic carbocycles. The minimum Gasteiger partial charge on any atom is -0.367 e. The quantitative estimate of drug-likeness (QED) is 0.349. The summed E-state index contributed by atoms with van der Waals surface area (Å²) in [6.45, 7) is 8.81. The van der Waals surface area contributed by atoms with Crippen molar-refractivity contribution in [1.29, 1.82) is 0 Å². The van der Waals surface area contributed by atoms with E-state index in [0.717, 1.165) is 28.6 Å². The predicted molar refractivity (Wildman–Crippen MR) is 139 cm³/mol. The van der Waals surface area contributed by atoms with E-state index >= 15 is 0 Å². The number of halogens is 5. The summed E-state index contributed by atoms with van der Waals surface area (Å²) in [4.78, 5) is 8.48. The number of rotatable bonds is 6. The number of nitrogens with zero attached hydrogens (tertiary/aromatic N) is 3. The smallest absolute Gasteiger partial charge is 0.367 e. The van der Waals surface area contributed by atoms with Crippen molar-refractivity contribution in [3.05, 3.63) is 99.9 Å². The molecule has 2 aromatic rings. The van der Waals surface area contributed by atoms with Crippen LogP contribution in [-0.4, -0.2) is 35.4 Å². The van der Waals surface area contributed by atoms with E-state index in [1.54, 1.807) is 4.90 Å². The van der Waals surface area contributed by atoms with Crippen molar-refractivity contribution >= 4 is 23.3 Å². The van der Waals surface area contributed by atoms with Gasteiger partial charge < -0.3 is 15.1 Å². The van der Waals surface area contributed by atoms with Crippen molar-refractivity contribution in [3.63, 3.8) is 0 Å². The van der Waals surface area contributed by atoms with Crippen LogP contribution in [0.15, 0.2) is 77.6 Å². The first-order valence-corrected chi connectivity index (χ1v) is 11.9. The Kier molecular flexibility index (Phi) is 7.65. The summed E-state index contributed by atoms with van der Waals surface area (Å²) in [7, 11) is 0. The third kappa shape index (κ3) is 5.67. The first-order valence-electron chi connectivity index (χ1n) is 11.5. The molecule has 2 aliphatic heterocycles. The van der Waals surface area contributed by atoms with Crippen LogP contribution in [0.2, 0.25) is 5.02 Å². The maximum Gasteiger partial charge on any atom is 0.416 e. The lowest BCUT2D eigenvalue weighted by Crippen LogP contribution is -2.49. The SMILES string of the molecule is C#CCN1C(=C)C2=C(CCN(C(=C)c3ccc(Cl)cc3)C2)NC1=NCc1ccc(C(F)(F)F)c(CF)c1. The summed E-state index contributed by atoms with van der Waals surface area (Å²) in [5.41, 5.74) is 3.51. The second-order valence-electron chi connectivity index (χ2n) is 8.71. The number of terminal acetylenes is 1. The van der Waals surface area contributed by atoms with Crippen molar-refractivity contribution in [2.24, 2.45) is 4.99 Å². The molecular weight excluding hydrogens is 504 g/mol. The fraction of sp³-hybridized carbons (Fsp3) is 0.250. The van der Waals surface area contributed by atoms with Gasteiger partial charge in [-0.05, 0) is 34.9 Å². The largest absolute Gasteiger partial charge is 0.416 e. The van der Waals surface area contributed by atoms with Crippen LogP contribution in [0.3, 0.4) is 0 Å². The average molecular weight is 529 g/mol. The minimum absolute atomic E-state index is 0.0456. The minimum atomic E-state index is -4.62. The standard InChI is InChI=1S/C28H25ClF4N4/c1-4-12-37-19(3)24-17-36(18(2)21-6-8-23(29)9-7-21)13-11-26(24)35-27(37)34-16-20-5-10-25(28(31,32)33)22(14-20)15-30/h1,5-10,14H,2-3,11-13,15-17H2,(H,34,35). The van der Waals surface area contributed by atoms with Crippen LogP contribution in [0, 0.1) is 12.3 Å². The second kappa shape index (κ2) is 10.7. The molecule has 0 bridgehead atoms. The number of benzene rings is 2. The summed E-state index contributed by atoms with van der Waals surface area (Å²) < 4.78 is 52.6. The molecule has 0 radical (unpaired) electrons. The summed E-state index contributed by atoms with van der Waals surface area (Å²) in [6, 6.07) is 10.9. The maximum atomic E-state index is 13.3. The molecule has 2 heterocycles. The van der Waals surface area contributed by atoms with E-state index in [9.17, 15) is 17.6 Å². The molecule has 0 saturated heterocycles. The van der Waals surface area contributed by atoms with Crippen molar-refractivity contribution in [2.45, 2.75) is 25.8 Å². The molecule has 2 aromatic carbocycles. The van der Waals surface area contributed by atoms with E-state index in [2.05, 4.69) is 34.3 Å². The van der Waals surface area contributed by atoms with Crippen molar-refractivity contribution < 1.29 is 17.6 Å². The number of nitrogens with one attached hydrogen (secondary N) is 1. The molecule has 9 heteroatoms. The summed E-state index contributed by atoms with van der Waals surface area (Å²) in [5, 5.41) is 3.99. The van der Waals surface area contributed by atoms with E-state index in [4.69, 9.17) is 18.0 Å². The van der Waals surface area contributed by atoms with Crippen LogP contribution in [0.25, 0.3) is 5.70 Å². The van der Waals surface area contributed by atoms with Gasteiger partial charge in [0.05, 0.1) is 18.7 Å². The predicted octanol–water partition coefficient (Wildman–Crippen LogP) is 6.37. The van der Waals surface area contributed by atoms with Crippen LogP contribution < -0.4 is 5.32 Å². The number of guanidine groups is 1. The Labute approximate surface area is 218 Å².